The van der Waals surface area contributed by atoms with Gasteiger partial charge >= 0.3 is 5.63 Å². The van der Waals surface area contributed by atoms with Crippen molar-refractivity contribution in [2.75, 3.05) is 0 Å². The molecule has 1 aromatic heterocycles. The van der Waals surface area contributed by atoms with E-state index in [1.165, 1.54) is 4.74 Å². The van der Waals surface area contributed by atoms with Crippen molar-refractivity contribution in [2.45, 2.75) is 6.92 Å². The second kappa shape index (κ2) is 3.59. The van der Waals surface area contributed by atoms with Gasteiger partial charge < -0.3 is 4.52 Å². The number of halogens is 1. The highest BCUT2D eigenvalue weighted by molar-refractivity contribution is 6.34. The number of aromatic nitrogens is 1. The summed E-state index contributed by atoms with van der Waals surface area (Å²) in [5, 5.41) is 0.594. The summed E-state index contributed by atoms with van der Waals surface area (Å²) in [6.07, 6.45) is 1.63. The normalized spacial score (nSPS) is 10.6. The summed E-state index contributed by atoms with van der Waals surface area (Å²) in [6.45, 7) is 1.90. The van der Waals surface area contributed by atoms with Crippen LogP contribution >= 0.6 is 11.6 Å². The number of hydrogen-bond acceptors (Lipinski definition) is 2. The van der Waals surface area contributed by atoms with Crippen molar-refractivity contribution in [3.8, 4) is 11.1 Å². The van der Waals surface area contributed by atoms with Gasteiger partial charge in [-0.1, -0.05) is 29.8 Å². The van der Waals surface area contributed by atoms with Crippen molar-refractivity contribution in [2.24, 2.45) is 7.05 Å². The molecule has 0 fully saturated rings. The number of nitrogens with zero attached hydrogens (tertiary/aromatic N) is 1. The molecule has 0 bridgehead atoms. The van der Waals surface area contributed by atoms with Crippen molar-refractivity contribution in [1.29, 1.82) is 0 Å². The number of hydrogen-bond donors (Lipinski definition) is 0. The molecule has 0 saturated heterocycles. The first-order valence-corrected chi connectivity index (χ1v) is 4.90. The highest BCUT2D eigenvalue weighted by Gasteiger charge is 2.12. The van der Waals surface area contributed by atoms with E-state index in [0.29, 0.717) is 16.1 Å². The summed E-state index contributed by atoms with van der Waals surface area (Å²) >= 11 is 6.12. The molecule has 0 aliphatic carbocycles. The molecule has 2 aromatic rings. The van der Waals surface area contributed by atoms with Gasteiger partial charge in [0.05, 0.1) is 16.8 Å². The molecule has 0 radical (unpaired) electrons. The maximum atomic E-state index is 11.5. The molecule has 78 valence electrons. The second-order valence-electron chi connectivity index (χ2n) is 3.40. The SMILES string of the molecule is Cc1cccc(-c2cn(C)oc2=O)c1Cl. The molecular weight excluding hydrogens is 214 g/mol. The summed E-state index contributed by atoms with van der Waals surface area (Å²) in [7, 11) is 1.66. The minimum absolute atomic E-state index is 0.370. The van der Waals surface area contributed by atoms with E-state index < -0.39 is 0 Å². The van der Waals surface area contributed by atoms with Crippen LogP contribution in [0.1, 0.15) is 5.56 Å². The van der Waals surface area contributed by atoms with Crippen molar-refractivity contribution in [3.05, 3.63) is 45.4 Å². The average molecular weight is 224 g/mol. The maximum Gasteiger partial charge on any atom is 0.365 e. The largest absolute Gasteiger partial charge is 0.365 e. The Bertz CT molecular complexity index is 554. The predicted molar refractivity (Wildman–Crippen MR) is 59.1 cm³/mol. The Balaban J connectivity index is 2.69. The van der Waals surface area contributed by atoms with Gasteiger partial charge in [-0.15, -0.1) is 0 Å². The molecule has 0 spiro atoms. The van der Waals surface area contributed by atoms with Crippen molar-refractivity contribution >= 4 is 11.6 Å². The summed E-state index contributed by atoms with van der Waals surface area (Å²) < 4.78 is 6.24. The van der Waals surface area contributed by atoms with Gasteiger partial charge in [-0.2, -0.15) is 0 Å². The fourth-order valence-electron chi connectivity index (χ4n) is 1.48. The third-order valence-electron chi connectivity index (χ3n) is 2.24. The minimum atomic E-state index is -0.370. The third kappa shape index (κ3) is 1.70. The van der Waals surface area contributed by atoms with Crippen LogP contribution in [0.2, 0.25) is 5.02 Å². The fraction of sp³-hybridized carbons (Fsp3) is 0.182. The Kier molecular flexibility index (Phi) is 2.40. The lowest BCUT2D eigenvalue weighted by Crippen LogP contribution is -1.97. The minimum Gasteiger partial charge on any atom is -0.336 e. The molecule has 0 N–H and O–H groups in total. The molecule has 0 saturated carbocycles. The Morgan fingerprint density at radius 1 is 1.33 bits per heavy atom. The number of rotatable bonds is 1. The average Bonchev–Trinajstić information content (AvgIpc) is 2.50. The van der Waals surface area contributed by atoms with E-state index in [0.717, 1.165) is 5.56 Å². The predicted octanol–water partition coefficient (Wildman–Crippen LogP) is 2.61. The van der Waals surface area contributed by atoms with Crippen LogP contribution in [0.3, 0.4) is 0 Å². The smallest absolute Gasteiger partial charge is 0.336 e. The molecule has 0 aliphatic heterocycles. The molecule has 0 atom stereocenters. The van der Waals surface area contributed by atoms with Crippen molar-refractivity contribution < 1.29 is 4.52 Å². The Morgan fingerprint density at radius 2 is 2.07 bits per heavy atom. The zero-order valence-electron chi connectivity index (χ0n) is 8.45. The van der Waals surface area contributed by atoms with Gasteiger partial charge in [-0.3, -0.25) is 0 Å². The van der Waals surface area contributed by atoms with Crippen LogP contribution in [0.4, 0.5) is 0 Å². The van der Waals surface area contributed by atoms with Gasteiger partial charge in [0, 0.05) is 12.6 Å². The van der Waals surface area contributed by atoms with Crippen LogP contribution in [0.25, 0.3) is 11.1 Å². The first kappa shape index (κ1) is 10.1. The van der Waals surface area contributed by atoms with Gasteiger partial charge in [0.15, 0.2) is 0 Å². The Labute approximate surface area is 91.9 Å². The van der Waals surface area contributed by atoms with E-state index in [4.69, 9.17) is 16.1 Å². The third-order valence-corrected chi connectivity index (χ3v) is 2.74. The van der Waals surface area contributed by atoms with Crippen LogP contribution in [0.5, 0.6) is 0 Å². The molecule has 2 rings (SSSR count). The fourth-order valence-corrected chi connectivity index (χ4v) is 1.70. The molecule has 15 heavy (non-hydrogen) atoms. The lowest BCUT2D eigenvalue weighted by atomic mass is 10.1. The van der Waals surface area contributed by atoms with Crippen LogP contribution in [-0.2, 0) is 7.05 Å². The second-order valence-corrected chi connectivity index (χ2v) is 3.78. The van der Waals surface area contributed by atoms with Crippen LogP contribution in [-0.4, -0.2) is 4.74 Å². The van der Waals surface area contributed by atoms with Gasteiger partial charge in [0.25, 0.3) is 0 Å². The van der Waals surface area contributed by atoms with E-state index in [1.54, 1.807) is 13.2 Å². The highest BCUT2D eigenvalue weighted by atomic mass is 35.5. The summed E-state index contributed by atoms with van der Waals surface area (Å²) in [5.41, 5.74) is 1.78. The van der Waals surface area contributed by atoms with Gasteiger partial charge in [-0.25, -0.2) is 9.53 Å². The molecular formula is C11H10ClNO2. The topological polar surface area (TPSA) is 35.1 Å². The standard InChI is InChI=1S/C11H10ClNO2/c1-7-4-3-5-8(10(7)12)9-6-13(2)15-11(9)14/h3-6H,1-2H3. The van der Waals surface area contributed by atoms with Crippen LogP contribution in [0.15, 0.2) is 33.7 Å². The highest BCUT2D eigenvalue weighted by Crippen LogP contribution is 2.28. The van der Waals surface area contributed by atoms with Gasteiger partial charge in [0.2, 0.25) is 0 Å². The molecule has 3 nitrogen and oxygen atoms in total. The maximum absolute atomic E-state index is 11.5. The molecule has 0 aliphatic rings. The zero-order valence-corrected chi connectivity index (χ0v) is 9.21. The quantitative estimate of drug-likeness (QED) is 0.745. The molecule has 0 unspecified atom stereocenters. The van der Waals surface area contributed by atoms with E-state index in [9.17, 15) is 4.79 Å². The number of aryl methyl sites for hydroxylation is 2. The van der Waals surface area contributed by atoms with Crippen molar-refractivity contribution in [3.63, 3.8) is 0 Å². The molecule has 1 heterocycles. The van der Waals surface area contributed by atoms with E-state index in [2.05, 4.69) is 0 Å². The summed E-state index contributed by atoms with van der Waals surface area (Å²) in [6, 6.07) is 5.57. The Hall–Kier alpha value is -1.48. The van der Waals surface area contributed by atoms with Crippen LogP contribution in [0, 0.1) is 6.92 Å². The van der Waals surface area contributed by atoms with E-state index in [1.807, 2.05) is 25.1 Å². The van der Waals surface area contributed by atoms with Gasteiger partial charge in [-0.05, 0) is 12.5 Å². The van der Waals surface area contributed by atoms with Crippen molar-refractivity contribution in [1.82, 2.24) is 4.74 Å². The monoisotopic (exact) mass is 223 g/mol. The first-order valence-electron chi connectivity index (χ1n) is 4.52. The zero-order chi connectivity index (χ0) is 11.0. The first-order chi connectivity index (χ1) is 7.09. The van der Waals surface area contributed by atoms with E-state index in [-0.39, 0.29) is 5.63 Å². The van der Waals surface area contributed by atoms with E-state index >= 15 is 0 Å². The summed E-state index contributed by atoms with van der Waals surface area (Å²) in [4.78, 5) is 11.5. The lowest BCUT2D eigenvalue weighted by Gasteiger charge is -2.02. The lowest BCUT2D eigenvalue weighted by molar-refractivity contribution is 0.286. The molecule has 4 heteroatoms. The number of benzene rings is 1. The molecule has 0 amide bonds. The summed E-state index contributed by atoms with van der Waals surface area (Å²) in [5.74, 6) is 0. The van der Waals surface area contributed by atoms with Gasteiger partial charge in [0.1, 0.15) is 0 Å². The Morgan fingerprint density at radius 3 is 2.67 bits per heavy atom. The van der Waals surface area contributed by atoms with Crippen LogP contribution < -0.4 is 5.63 Å². The molecule has 1 aromatic carbocycles.